The number of nitrogens with zero attached hydrogens (tertiary/aromatic N) is 3. The van der Waals surface area contributed by atoms with Gasteiger partial charge in [-0.15, -0.1) is 0 Å². The molecule has 1 atom stereocenters. The lowest BCUT2D eigenvalue weighted by Crippen LogP contribution is -2.41. The summed E-state index contributed by atoms with van der Waals surface area (Å²) in [7, 11) is 0. The normalized spacial score (nSPS) is 16.3. The van der Waals surface area contributed by atoms with Crippen molar-refractivity contribution in [2.75, 3.05) is 0 Å². The Hall–Kier alpha value is -3.55. The first-order valence-corrected chi connectivity index (χ1v) is 11.7. The predicted octanol–water partition coefficient (Wildman–Crippen LogP) is 6.78. The number of rotatable bonds is 4. The SMILES string of the molecule is CC1(C)C[C@@H](NC(=O)O)c2cc(-c3ccc(Cl)cc3)c(-c3ccc(-n4cccn4)cc3Cl)nc2O1. The number of hydrogen-bond donors (Lipinski definition) is 2. The zero-order valence-electron chi connectivity index (χ0n) is 19.0. The summed E-state index contributed by atoms with van der Waals surface area (Å²) < 4.78 is 7.93. The van der Waals surface area contributed by atoms with E-state index >= 15 is 0 Å². The summed E-state index contributed by atoms with van der Waals surface area (Å²) in [4.78, 5) is 16.4. The first kappa shape index (κ1) is 23.2. The lowest BCUT2D eigenvalue weighted by Gasteiger charge is -2.37. The van der Waals surface area contributed by atoms with Crippen LogP contribution >= 0.6 is 23.2 Å². The molecule has 1 aliphatic rings. The van der Waals surface area contributed by atoms with Gasteiger partial charge in [0.05, 0.1) is 22.4 Å². The van der Waals surface area contributed by atoms with Gasteiger partial charge in [0.25, 0.3) is 0 Å². The van der Waals surface area contributed by atoms with Crippen LogP contribution in [0, 0.1) is 0 Å². The quantitative estimate of drug-likeness (QED) is 0.317. The van der Waals surface area contributed by atoms with E-state index in [0.29, 0.717) is 39.2 Å². The molecule has 2 aromatic carbocycles. The van der Waals surface area contributed by atoms with Gasteiger partial charge in [0, 0.05) is 40.5 Å². The van der Waals surface area contributed by atoms with Crippen LogP contribution in [0.25, 0.3) is 28.1 Å². The molecule has 0 radical (unpaired) electrons. The van der Waals surface area contributed by atoms with Gasteiger partial charge < -0.3 is 15.2 Å². The van der Waals surface area contributed by atoms with E-state index in [0.717, 1.165) is 16.8 Å². The number of carboxylic acid groups (broad SMARTS) is 1. The van der Waals surface area contributed by atoms with Crippen LogP contribution in [0.1, 0.15) is 31.9 Å². The second kappa shape index (κ2) is 8.91. The highest BCUT2D eigenvalue weighted by Gasteiger charge is 2.37. The monoisotopic (exact) mass is 508 g/mol. The Kier molecular flexibility index (Phi) is 5.91. The molecule has 35 heavy (non-hydrogen) atoms. The smallest absolute Gasteiger partial charge is 0.405 e. The molecule has 1 aliphatic heterocycles. The molecule has 3 heterocycles. The van der Waals surface area contributed by atoms with Crippen molar-refractivity contribution in [3.05, 3.63) is 82.6 Å². The van der Waals surface area contributed by atoms with Crippen LogP contribution in [0.5, 0.6) is 5.88 Å². The van der Waals surface area contributed by atoms with E-state index in [-0.39, 0.29) is 0 Å². The van der Waals surface area contributed by atoms with Crippen LogP contribution in [-0.4, -0.2) is 31.6 Å². The maximum atomic E-state index is 11.5. The number of aromatic nitrogens is 3. The van der Waals surface area contributed by atoms with Crippen LogP contribution in [0.4, 0.5) is 4.79 Å². The van der Waals surface area contributed by atoms with E-state index in [4.69, 9.17) is 32.9 Å². The van der Waals surface area contributed by atoms with Gasteiger partial charge in [0.2, 0.25) is 5.88 Å². The van der Waals surface area contributed by atoms with Crippen LogP contribution in [0.3, 0.4) is 0 Å². The summed E-state index contributed by atoms with van der Waals surface area (Å²) >= 11 is 12.9. The molecule has 2 aromatic heterocycles. The van der Waals surface area contributed by atoms with Crippen molar-refractivity contribution in [2.24, 2.45) is 0 Å². The molecule has 0 spiro atoms. The van der Waals surface area contributed by atoms with Gasteiger partial charge >= 0.3 is 6.09 Å². The topological polar surface area (TPSA) is 89.3 Å². The zero-order valence-corrected chi connectivity index (χ0v) is 20.5. The molecule has 4 aromatic rings. The Bertz CT molecular complexity index is 1400. The van der Waals surface area contributed by atoms with Crippen molar-refractivity contribution in [1.82, 2.24) is 20.1 Å². The molecular formula is C26H22Cl2N4O3. The molecule has 0 saturated carbocycles. The minimum absolute atomic E-state index is 0.375. The van der Waals surface area contributed by atoms with Gasteiger partial charge in [-0.3, -0.25) is 0 Å². The standard InChI is InChI=1S/C26H22Cl2N4O3/c1-26(2)14-22(30-25(33)34)20-13-19(15-4-6-16(27)7-5-15)23(31-24(20)35-26)18-9-8-17(12-21(18)28)32-11-3-10-29-32/h3-13,22,30H,14H2,1-2H3,(H,33,34)/t22-/m1/s1. The first-order valence-electron chi connectivity index (χ1n) is 11.0. The van der Waals surface area contributed by atoms with Gasteiger partial charge in [-0.1, -0.05) is 35.3 Å². The number of halogens is 2. The molecule has 9 heteroatoms. The van der Waals surface area contributed by atoms with Crippen LogP contribution in [-0.2, 0) is 0 Å². The van der Waals surface area contributed by atoms with Crippen molar-refractivity contribution in [1.29, 1.82) is 0 Å². The minimum atomic E-state index is -1.10. The molecule has 0 unspecified atom stereocenters. The highest BCUT2D eigenvalue weighted by molar-refractivity contribution is 6.33. The number of benzene rings is 2. The largest absolute Gasteiger partial charge is 0.471 e. The van der Waals surface area contributed by atoms with Gasteiger partial charge in [-0.2, -0.15) is 5.10 Å². The summed E-state index contributed by atoms with van der Waals surface area (Å²) in [5.74, 6) is 0.375. The first-order chi connectivity index (χ1) is 16.7. The Morgan fingerprint density at radius 1 is 1.14 bits per heavy atom. The van der Waals surface area contributed by atoms with Gasteiger partial charge in [-0.05, 0) is 61.9 Å². The lowest BCUT2D eigenvalue weighted by atomic mass is 9.88. The number of carbonyl (C=O) groups is 1. The molecule has 178 valence electrons. The van der Waals surface area contributed by atoms with E-state index in [9.17, 15) is 9.90 Å². The highest BCUT2D eigenvalue weighted by Crippen LogP contribution is 2.44. The van der Waals surface area contributed by atoms with Crippen LogP contribution in [0.15, 0.2) is 67.0 Å². The summed E-state index contributed by atoms with van der Waals surface area (Å²) in [5, 5.41) is 17.4. The van der Waals surface area contributed by atoms with Gasteiger partial charge in [0.1, 0.15) is 5.60 Å². The lowest BCUT2D eigenvalue weighted by molar-refractivity contribution is 0.0604. The molecule has 2 N–H and O–H groups in total. The third-order valence-corrected chi connectivity index (χ3v) is 6.45. The summed E-state index contributed by atoms with van der Waals surface area (Å²) in [5.41, 5.74) is 3.86. The molecular weight excluding hydrogens is 487 g/mol. The Morgan fingerprint density at radius 3 is 2.57 bits per heavy atom. The minimum Gasteiger partial charge on any atom is -0.471 e. The third-order valence-electron chi connectivity index (χ3n) is 5.89. The summed E-state index contributed by atoms with van der Waals surface area (Å²) in [6.07, 6.45) is 2.90. The van der Waals surface area contributed by atoms with E-state index in [1.165, 1.54) is 0 Å². The van der Waals surface area contributed by atoms with Crippen molar-refractivity contribution >= 4 is 29.3 Å². The number of nitrogens with one attached hydrogen (secondary N) is 1. The summed E-state index contributed by atoms with van der Waals surface area (Å²) in [6, 6.07) is 16.3. The molecule has 5 rings (SSSR count). The fourth-order valence-electron chi connectivity index (χ4n) is 4.34. The van der Waals surface area contributed by atoms with Crippen molar-refractivity contribution in [2.45, 2.75) is 31.9 Å². The zero-order chi connectivity index (χ0) is 24.7. The van der Waals surface area contributed by atoms with Crippen LogP contribution in [0.2, 0.25) is 10.0 Å². The van der Waals surface area contributed by atoms with Crippen LogP contribution < -0.4 is 10.1 Å². The molecule has 0 fully saturated rings. The molecule has 0 bridgehead atoms. The van der Waals surface area contributed by atoms with Crippen molar-refractivity contribution in [3.63, 3.8) is 0 Å². The van der Waals surface area contributed by atoms with E-state index in [1.54, 1.807) is 23.0 Å². The maximum absolute atomic E-state index is 11.5. The van der Waals surface area contributed by atoms with E-state index in [1.807, 2.05) is 62.5 Å². The predicted molar refractivity (Wildman–Crippen MR) is 135 cm³/mol. The summed E-state index contributed by atoms with van der Waals surface area (Å²) in [6.45, 7) is 3.82. The fraction of sp³-hybridized carbons (Fsp3) is 0.192. The van der Waals surface area contributed by atoms with Crippen molar-refractivity contribution < 1.29 is 14.6 Å². The molecule has 0 aliphatic carbocycles. The van der Waals surface area contributed by atoms with Crippen molar-refractivity contribution in [3.8, 4) is 34.0 Å². The average molecular weight is 509 g/mol. The average Bonchev–Trinajstić information content (AvgIpc) is 3.33. The Morgan fingerprint density at radius 2 is 1.91 bits per heavy atom. The number of ether oxygens (including phenoxy) is 1. The Balaban J connectivity index is 1.71. The maximum Gasteiger partial charge on any atom is 0.405 e. The second-order valence-corrected chi connectivity index (χ2v) is 9.81. The van der Waals surface area contributed by atoms with E-state index in [2.05, 4.69) is 10.4 Å². The second-order valence-electron chi connectivity index (χ2n) is 8.97. The molecule has 7 nitrogen and oxygen atoms in total. The number of hydrogen-bond acceptors (Lipinski definition) is 4. The number of amides is 1. The molecule has 1 amide bonds. The number of pyridine rings is 1. The number of fused-ring (bicyclic) bond motifs is 1. The molecule has 0 saturated heterocycles. The Labute approximate surface area is 212 Å². The fourth-order valence-corrected chi connectivity index (χ4v) is 4.73. The van der Waals surface area contributed by atoms with Gasteiger partial charge in [0.15, 0.2) is 0 Å². The highest BCUT2D eigenvalue weighted by atomic mass is 35.5. The van der Waals surface area contributed by atoms with Gasteiger partial charge in [-0.25, -0.2) is 14.5 Å². The van der Waals surface area contributed by atoms with E-state index < -0.39 is 17.7 Å². The third kappa shape index (κ3) is 4.70.